The zero-order valence-corrected chi connectivity index (χ0v) is 13.9. The number of hydrogen-bond acceptors (Lipinski definition) is 9. The summed E-state index contributed by atoms with van der Waals surface area (Å²) >= 11 is 0. The van der Waals surface area contributed by atoms with Gasteiger partial charge in [0, 0.05) is 19.6 Å². The second-order valence-corrected chi connectivity index (χ2v) is 5.88. The van der Waals surface area contributed by atoms with Crippen molar-refractivity contribution in [3.05, 3.63) is 12.2 Å². The standard InChI is InChI=1S/C15H23N5O5/c1-2-24-5-3-4-9-18-13(16)10-14(19-9)20(7-17-10)15-12(23)11(22)8(6-21)25-15/h7-8,11-12,15,21-23H,2-6H2,1H3,(H2,16,18,19)/t8-,11-,12-,15-/m1/s1. The number of fused-ring (bicyclic) bond motifs is 1. The third-order valence-corrected chi connectivity index (χ3v) is 4.18. The van der Waals surface area contributed by atoms with Crippen LogP contribution in [0.4, 0.5) is 5.82 Å². The fraction of sp³-hybridized carbons (Fsp3) is 0.667. The minimum absolute atomic E-state index is 0.238. The van der Waals surface area contributed by atoms with E-state index in [0.29, 0.717) is 36.6 Å². The van der Waals surface area contributed by atoms with E-state index in [0.717, 1.165) is 6.42 Å². The highest BCUT2D eigenvalue weighted by Crippen LogP contribution is 2.31. The highest BCUT2D eigenvalue weighted by molar-refractivity contribution is 5.81. The van der Waals surface area contributed by atoms with Crippen LogP contribution < -0.4 is 5.73 Å². The molecule has 3 rings (SSSR count). The summed E-state index contributed by atoms with van der Waals surface area (Å²) in [6, 6.07) is 0. The van der Waals surface area contributed by atoms with Crippen LogP contribution in [0.1, 0.15) is 25.4 Å². The lowest BCUT2D eigenvalue weighted by Crippen LogP contribution is -2.33. The summed E-state index contributed by atoms with van der Waals surface area (Å²) in [6.45, 7) is 2.78. The van der Waals surface area contributed by atoms with Gasteiger partial charge < -0.3 is 30.5 Å². The number of hydrogen-bond donors (Lipinski definition) is 4. The third kappa shape index (κ3) is 3.44. The summed E-state index contributed by atoms with van der Waals surface area (Å²) < 4.78 is 12.3. The van der Waals surface area contributed by atoms with Crippen LogP contribution in [0.5, 0.6) is 0 Å². The molecule has 1 fully saturated rings. The van der Waals surface area contributed by atoms with E-state index in [2.05, 4.69) is 15.0 Å². The number of imidazole rings is 1. The van der Waals surface area contributed by atoms with Crippen LogP contribution in [0.2, 0.25) is 0 Å². The Labute approximate surface area is 144 Å². The molecule has 0 radical (unpaired) electrons. The molecule has 0 unspecified atom stereocenters. The molecule has 0 aliphatic carbocycles. The van der Waals surface area contributed by atoms with E-state index < -0.39 is 31.1 Å². The van der Waals surface area contributed by atoms with E-state index in [-0.39, 0.29) is 5.82 Å². The van der Waals surface area contributed by atoms with E-state index in [9.17, 15) is 15.3 Å². The number of ether oxygens (including phenoxy) is 2. The van der Waals surface area contributed by atoms with Gasteiger partial charge in [0.2, 0.25) is 0 Å². The quantitative estimate of drug-likeness (QED) is 0.459. The first kappa shape index (κ1) is 18.0. The Hall–Kier alpha value is -1.85. The number of nitrogens with zero attached hydrogens (tertiary/aromatic N) is 4. The molecule has 25 heavy (non-hydrogen) atoms. The van der Waals surface area contributed by atoms with E-state index in [1.165, 1.54) is 10.9 Å². The van der Waals surface area contributed by atoms with Gasteiger partial charge in [0.1, 0.15) is 29.7 Å². The molecule has 0 bridgehead atoms. The first-order valence-corrected chi connectivity index (χ1v) is 8.26. The number of aliphatic hydroxyl groups is 3. The van der Waals surface area contributed by atoms with Crippen LogP contribution in [0, 0.1) is 0 Å². The fourth-order valence-electron chi connectivity index (χ4n) is 2.87. The molecule has 1 aliphatic rings. The molecule has 0 spiro atoms. The molecule has 138 valence electrons. The molecular formula is C15H23N5O5. The van der Waals surface area contributed by atoms with Crippen LogP contribution in [-0.2, 0) is 15.9 Å². The lowest BCUT2D eigenvalue weighted by Gasteiger charge is -2.16. The number of rotatable bonds is 7. The van der Waals surface area contributed by atoms with Gasteiger partial charge in [-0.05, 0) is 13.3 Å². The summed E-state index contributed by atoms with van der Waals surface area (Å²) in [5.74, 6) is 0.778. The van der Waals surface area contributed by atoms with Gasteiger partial charge in [0.15, 0.2) is 17.7 Å². The molecule has 5 N–H and O–H groups in total. The number of aromatic nitrogens is 4. The highest BCUT2D eigenvalue weighted by Gasteiger charge is 2.44. The largest absolute Gasteiger partial charge is 0.394 e. The van der Waals surface area contributed by atoms with Crippen molar-refractivity contribution < 1.29 is 24.8 Å². The molecule has 1 aliphatic heterocycles. The Morgan fingerprint density at radius 1 is 1.32 bits per heavy atom. The first-order chi connectivity index (χ1) is 12.1. The Balaban J connectivity index is 1.88. The molecule has 0 saturated carbocycles. The Kier molecular flexibility index (Phi) is 5.45. The van der Waals surface area contributed by atoms with Crippen LogP contribution >= 0.6 is 0 Å². The Morgan fingerprint density at radius 3 is 2.80 bits per heavy atom. The van der Waals surface area contributed by atoms with Gasteiger partial charge >= 0.3 is 0 Å². The number of nitrogens with two attached hydrogens (primary N) is 1. The summed E-state index contributed by atoms with van der Waals surface area (Å²) in [7, 11) is 0. The number of anilines is 1. The topological polar surface area (TPSA) is 149 Å². The van der Waals surface area contributed by atoms with Crippen molar-refractivity contribution in [1.29, 1.82) is 0 Å². The average Bonchev–Trinajstić information content (AvgIpc) is 3.14. The molecule has 4 atom stereocenters. The van der Waals surface area contributed by atoms with Gasteiger partial charge in [0.25, 0.3) is 0 Å². The normalized spacial score (nSPS) is 26.6. The zero-order chi connectivity index (χ0) is 18.0. The fourth-order valence-corrected chi connectivity index (χ4v) is 2.87. The van der Waals surface area contributed by atoms with Crippen LogP contribution in [0.3, 0.4) is 0 Å². The first-order valence-electron chi connectivity index (χ1n) is 8.26. The van der Waals surface area contributed by atoms with Gasteiger partial charge in [-0.3, -0.25) is 4.57 Å². The Bertz CT molecular complexity index is 724. The third-order valence-electron chi connectivity index (χ3n) is 4.18. The number of nitrogen functional groups attached to an aromatic ring is 1. The molecule has 2 aromatic rings. The van der Waals surface area contributed by atoms with Crippen molar-refractivity contribution >= 4 is 17.0 Å². The minimum Gasteiger partial charge on any atom is -0.394 e. The van der Waals surface area contributed by atoms with E-state index >= 15 is 0 Å². The molecule has 2 aromatic heterocycles. The molecule has 1 saturated heterocycles. The molecule has 3 heterocycles. The highest BCUT2D eigenvalue weighted by atomic mass is 16.6. The van der Waals surface area contributed by atoms with Crippen molar-refractivity contribution in [2.24, 2.45) is 0 Å². The van der Waals surface area contributed by atoms with Gasteiger partial charge in [-0.15, -0.1) is 0 Å². The lowest BCUT2D eigenvalue weighted by molar-refractivity contribution is -0.0511. The van der Waals surface area contributed by atoms with E-state index in [1.54, 1.807) is 0 Å². The lowest BCUT2D eigenvalue weighted by atomic mass is 10.1. The summed E-state index contributed by atoms with van der Waals surface area (Å²) in [5.41, 5.74) is 6.77. The van der Waals surface area contributed by atoms with Gasteiger partial charge in [-0.25, -0.2) is 15.0 Å². The van der Waals surface area contributed by atoms with Gasteiger partial charge in [-0.1, -0.05) is 0 Å². The van der Waals surface area contributed by atoms with Crippen molar-refractivity contribution in [1.82, 2.24) is 19.5 Å². The minimum atomic E-state index is -1.22. The van der Waals surface area contributed by atoms with Crippen molar-refractivity contribution in [2.75, 3.05) is 25.6 Å². The maximum atomic E-state index is 10.2. The zero-order valence-electron chi connectivity index (χ0n) is 13.9. The number of aliphatic hydroxyl groups excluding tert-OH is 3. The van der Waals surface area contributed by atoms with Gasteiger partial charge in [0.05, 0.1) is 12.9 Å². The summed E-state index contributed by atoms with van der Waals surface area (Å²) in [4.78, 5) is 12.9. The summed E-state index contributed by atoms with van der Waals surface area (Å²) in [6.07, 6.45) is -1.43. The van der Waals surface area contributed by atoms with Crippen molar-refractivity contribution in [3.63, 3.8) is 0 Å². The number of aryl methyl sites for hydroxylation is 1. The van der Waals surface area contributed by atoms with Crippen LogP contribution in [0.15, 0.2) is 6.33 Å². The van der Waals surface area contributed by atoms with Crippen LogP contribution in [0.25, 0.3) is 11.2 Å². The van der Waals surface area contributed by atoms with Crippen molar-refractivity contribution in [3.8, 4) is 0 Å². The molecule has 10 heteroatoms. The molecular weight excluding hydrogens is 330 g/mol. The smallest absolute Gasteiger partial charge is 0.167 e. The maximum Gasteiger partial charge on any atom is 0.167 e. The predicted molar refractivity (Wildman–Crippen MR) is 87.6 cm³/mol. The average molecular weight is 353 g/mol. The van der Waals surface area contributed by atoms with Gasteiger partial charge in [-0.2, -0.15) is 0 Å². The van der Waals surface area contributed by atoms with E-state index in [4.69, 9.17) is 15.2 Å². The Morgan fingerprint density at radius 2 is 2.12 bits per heavy atom. The second kappa shape index (κ2) is 7.58. The summed E-state index contributed by atoms with van der Waals surface area (Å²) in [5, 5.41) is 29.4. The molecule has 0 amide bonds. The molecule has 0 aromatic carbocycles. The predicted octanol–water partition coefficient (Wildman–Crippen LogP) is -1.01. The van der Waals surface area contributed by atoms with Crippen LogP contribution in [-0.4, -0.2) is 73.0 Å². The SMILES string of the molecule is CCOCCCc1nc(N)c2ncn([C@@H]3O[C@H](CO)[C@@H](O)[C@H]3O)c2n1. The monoisotopic (exact) mass is 353 g/mol. The second-order valence-electron chi connectivity index (χ2n) is 5.88. The van der Waals surface area contributed by atoms with E-state index in [1.807, 2.05) is 6.92 Å². The van der Waals surface area contributed by atoms with Crippen molar-refractivity contribution in [2.45, 2.75) is 44.3 Å². The molecule has 10 nitrogen and oxygen atoms in total. The maximum absolute atomic E-state index is 10.2.